The highest BCUT2D eigenvalue weighted by Crippen LogP contribution is 2.42. The standard InChI is InChI=1S/C23H25FN6O2/c1-14-11-31-19-10-30-20-18(8-27-30)15(2)26-12-23(4-3-5-23)13-32-22-16(6-17(24)7-25-22)9-29(14)21(19)28-20/h6-8,10,14,26H,2-5,9,11-13H2,1H3/t14-/m1/s1. The molecule has 1 spiro atoms. The van der Waals surface area contributed by atoms with Gasteiger partial charge >= 0.3 is 0 Å². The second kappa shape index (κ2) is 7.08. The van der Waals surface area contributed by atoms with Gasteiger partial charge in [0.1, 0.15) is 12.4 Å². The molecule has 0 radical (unpaired) electrons. The van der Waals surface area contributed by atoms with Crippen molar-refractivity contribution in [3.05, 3.63) is 48.2 Å². The van der Waals surface area contributed by atoms with Gasteiger partial charge in [0.2, 0.25) is 5.88 Å². The molecule has 0 saturated heterocycles. The lowest BCUT2D eigenvalue weighted by Crippen LogP contribution is -2.44. The number of halogens is 1. The average Bonchev–Trinajstić information content (AvgIpc) is 3.17. The van der Waals surface area contributed by atoms with Gasteiger partial charge in [0.25, 0.3) is 0 Å². The number of nitrogens with zero attached hydrogens (tertiary/aromatic N) is 5. The number of hydrogen-bond donors (Lipinski definition) is 1. The normalized spacial score (nSPS) is 21.9. The minimum Gasteiger partial charge on any atom is -0.486 e. The van der Waals surface area contributed by atoms with E-state index in [9.17, 15) is 4.39 Å². The Morgan fingerprint density at radius 2 is 2.16 bits per heavy atom. The lowest BCUT2D eigenvalue weighted by Gasteiger charge is -2.42. The van der Waals surface area contributed by atoms with Crippen LogP contribution in [-0.2, 0) is 6.54 Å². The molecular formula is C23H25FN6O2. The highest BCUT2D eigenvalue weighted by molar-refractivity contribution is 5.75. The Labute approximate surface area is 185 Å². The molecule has 1 saturated carbocycles. The molecule has 3 aliphatic rings. The van der Waals surface area contributed by atoms with Gasteiger partial charge in [0, 0.05) is 23.2 Å². The van der Waals surface area contributed by atoms with E-state index >= 15 is 0 Å². The maximum atomic E-state index is 14.2. The lowest BCUT2D eigenvalue weighted by molar-refractivity contribution is 0.0585. The number of anilines is 1. The van der Waals surface area contributed by atoms with Crippen LogP contribution in [0.3, 0.4) is 0 Å². The molecule has 32 heavy (non-hydrogen) atoms. The fraction of sp³-hybridized carbons (Fsp3) is 0.435. The van der Waals surface area contributed by atoms with Gasteiger partial charge in [-0.1, -0.05) is 13.0 Å². The SMILES string of the molecule is C=C1NCC2(CCC2)COc2ncc(F)cc2CN2c3nc4c1cnn4cc3OC[C@H]2C. The van der Waals surface area contributed by atoms with Gasteiger partial charge in [0.15, 0.2) is 17.2 Å². The van der Waals surface area contributed by atoms with E-state index in [0.29, 0.717) is 48.4 Å². The van der Waals surface area contributed by atoms with E-state index in [2.05, 4.69) is 33.8 Å². The van der Waals surface area contributed by atoms with Crippen molar-refractivity contribution in [1.29, 1.82) is 0 Å². The molecular weight excluding hydrogens is 411 g/mol. The van der Waals surface area contributed by atoms with Crippen molar-refractivity contribution in [2.45, 2.75) is 38.8 Å². The molecule has 2 aliphatic heterocycles. The lowest BCUT2D eigenvalue weighted by atomic mass is 9.69. The molecule has 0 amide bonds. The number of ether oxygens (including phenoxy) is 2. The van der Waals surface area contributed by atoms with Crippen LogP contribution in [0.4, 0.5) is 10.2 Å². The van der Waals surface area contributed by atoms with E-state index in [1.54, 1.807) is 10.7 Å². The van der Waals surface area contributed by atoms with Gasteiger partial charge in [-0.25, -0.2) is 18.9 Å². The summed E-state index contributed by atoms with van der Waals surface area (Å²) in [5.41, 5.74) is 3.04. The van der Waals surface area contributed by atoms with Crippen LogP contribution < -0.4 is 19.7 Å². The zero-order chi connectivity index (χ0) is 21.9. The highest BCUT2D eigenvalue weighted by Gasteiger charge is 2.39. The zero-order valence-electron chi connectivity index (χ0n) is 18.0. The van der Waals surface area contributed by atoms with E-state index in [0.717, 1.165) is 37.1 Å². The van der Waals surface area contributed by atoms with Crippen molar-refractivity contribution in [1.82, 2.24) is 24.9 Å². The van der Waals surface area contributed by atoms with E-state index in [4.69, 9.17) is 14.5 Å². The van der Waals surface area contributed by atoms with E-state index in [1.807, 2.05) is 6.20 Å². The van der Waals surface area contributed by atoms with Crippen LogP contribution in [0.25, 0.3) is 11.3 Å². The molecule has 1 N–H and O–H groups in total. The summed E-state index contributed by atoms with van der Waals surface area (Å²) >= 11 is 0. The first-order chi connectivity index (χ1) is 15.5. The molecule has 0 aromatic carbocycles. The van der Waals surface area contributed by atoms with Crippen molar-refractivity contribution in [3.8, 4) is 11.6 Å². The van der Waals surface area contributed by atoms with Crippen LogP contribution in [-0.4, -0.2) is 45.4 Å². The minimum atomic E-state index is -0.382. The second-order valence-electron chi connectivity index (χ2n) is 9.14. The Morgan fingerprint density at radius 1 is 1.28 bits per heavy atom. The summed E-state index contributed by atoms with van der Waals surface area (Å²) in [6.45, 7) is 8.47. The summed E-state index contributed by atoms with van der Waals surface area (Å²) in [5.74, 6) is 1.41. The summed E-state index contributed by atoms with van der Waals surface area (Å²) in [6, 6.07) is 1.54. The third-order valence-electron chi connectivity index (χ3n) is 6.89. The van der Waals surface area contributed by atoms with Crippen molar-refractivity contribution < 1.29 is 13.9 Å². The summed E-state index contributed by atoms with van der Waals surface area (Å²) in [6.07, 6.45) is 8.12. The molecule has 1 fully saturated rings. The second-order valence-corrected chi connectivity index (χ2v) is 9.14. The van der Waals surface area contributed by atoms with Gasteiger partial charge in [-0.3, -0.25) is 0 Å². The molecule has 1 aliphatic carbocycles. The average molecular weight is 436 g/mol. The predicted octanol–water partition coefficient (Wildman–Crippen LogP) is 3.17. The summed E-state index contributed by atoms with van der Waals surface area (Å²) in [4.78, 5) is 11.3. The van der Waals surface area contributed by atoms with Gasteiger partial charge in [-0.2, -0.15) is 5.10 Å². The molecule has 0 unspecified atom stereocenters. The van der Waals surface area contributed by atoms with E-state index in [1.165, 1.54) is 12.3 Å². The van der Waals surface area contributed by atoms with Crippen LogP contribution in [0.2, 0.25) is 0 Å². The first-order valence-electron chi connectivity index (χ1n) is 11.0. The van der Waals surface area contributed by atoms with Crippen molar-refractivity contribution in [3.63, 3.8) is 0 Å². The number of nitrogens with one attached hydrogen (secondary N) is 1. The molecule has 2 bridgehead atoms. The van der Waals surface area contributed by atoms with Crippen LogP contribution in [0, 0.1) is 11.2 Å². The van der Waals surface area contributed by atoms with E-state index in [-0.39, 0.29) is 17.3 Å². The Hall–Kier alpha value is -3.36. The molecule has 6 rings (SSSR count). The fourth-order valence-electron chi connectivity index (χ4n) is 4.70. The zero-order valence-corrected chi connectivity index (χ0v) is 18.0. The van der Waals surface area contributed by atoms with Gasteiger partial charge < -0.3 is 19.7 Å². The fourth-order valence-corrected chi connectivity index (χ4v) is 4.70. The molecule has 166 valence electrons. The number of hydrogen-bond acceptors (Lipinski definition) is 7. The maximum Gasteiger partial charge on any atom is 0.218 e. The van der Waals surface area contributed by atoms with Crippen LogP contribution in [0.15, 0.2) is 31.2 Å². The molecule has 5 heterocycles. The number of pyridine rings is 1. The number of rotatable bonds is 0. The van der Waals surface area contributed by atoms with Crippen LogP contribution in [0.5, 0.6) is 11.6 Å². The molecule has 1 atom stereocenters. The molecule has 3 aromatic rings. The van der Waals surface area contributed by atoms with Crippen molar-refractivity contribution in [2.24, 2.45) is 5.41 Å². The summed E-state index contributed by atoms with van der Waals surface area (Å²) in [7, 11) is 0. The number of aromatic nitrogens is 4. The van der Waals surface area contributed by atoms with Crippen molar-refractivity contribution in [2.75, 3.05) is 24.7 Å². The topological polar surface area (TPSA) is 76.8 Å². The Kier molecular flexibility index (Phi) is 4.28. The third-order valence-corrected chi connectivity index (χ3v) is 6.89. The van der Waals surface area contributed by atoms with E-state index < -0.39 is 0 Å². The first kappa shape index (κ1) is 19.3. The Morgan fingerprint density at radius 3 is 2.97 bits per heavy atom. The summed E-state index contributed by atoms with van der Waals surface area (Å²) in [5, 5.41) is 7.95. The largest absolute Gasteiger partial charge is 0.486 e. The van der Waals surface area contributed by atoms with Crippen molar-refractivity contribution >= 4 is 17.2 Å². The molecule has 9 heteroatoms. The van der Waals surface area contributed by atoms with Crippen LogP contribution >= 0.6 is 0 Å². The van der Waals surface area contributed by atoms with Gasteiger partial charge in [0.05, 0.1) is 43.3 Å². The molecule has 3 aromatic heterocycles. The Bertz CT molecular complexity index is 1220. The molecule has 8 nitrogen and oxygen atoms in total. The third kappa shape index (κ3) is 3.06. The quantitative estimate of drug-likeness (QED) is 0.580. The Balaban J connectivity index is 1.51. The first-order valence-corrected chi connectivity index (χ1v) is 11.0. The predicted molar refractivity (Wildman–Crippen MR) is 117 cm³/mol. The highest BCUT2D eigenvalue weighted by atomic mass is 19.1. The number of fused-ring (bicyclic) bond motifs is 1. The monoisotopic (exact) mass is 436 g/mol. The van der Waals surface area contributed by atoms with Gasteiger partial charge in [-0.15, -0.1) is 0 Å². The smallest absolute Gasteiger partial charge is 0.218 e. The van der Waals surface area contributed by atoms with Crippen LogP contribution in [0.1, 0.15) is 37.3 Å². The van der Waals surface area contributed by atoms with Gasteiger partial charge in [-0.05, 0) is 25.8 Å². The summed E-state index contributed by atoms with van der Waals surface area (Å²) < 4.78 is 28.1. The maximum absolute atomic E-state index is 14.2. The minimum absolute atomic E-state index is 0.00136.